The number of hydrogen-bond acceptors (Lipinski definition) is 3. The molecule has 130 valence electrons. The maximum absolute atomic E-state index is 12.2. The number of rotatable bonds is 5. The number of amides is 1. The number of anilines is 1. The summed E-state index contributed by atoms with van der Waals surface area (Å²) in [6.07, 6.45) is 1.77. The molecule has 0 aliphatic carbocycles. The van der Waals surface area contributed by atoms with Crippen LogP contribution in [-0.4, -0.2) is 25.5 Å². The molecule has 0 spiro atoms. The third-order valence-corrected chi connectivity index (χ3v) is 4.34. The van der Waals surface area contributed by atoms with Gasteiger partial charge in [-0.15, -0.1) is 0 Å². The first kappa shape index (κ1) is 17.5. The van der Waals surface area contributed by atoms with Gasteiger partial charge in [-0.2, -0.15) is 10.2 Å². The van der Waals surface area contributed by atoms with E-state index in [4.69, 9.17) is 23.2 Å². The van der Waals surface area contributed by atoms with Crippen LogP contribution < -0.4 is 5.32 Å². The first-order valence-corrected chi connectivity index (χ1v) is 8.55. The van der Waals surface area contributed by atoms with E-state index in [1.807, 2.05) is 19.9 Å². The van der Waals surface area contributed by atoms with Crippen molar-refractivity contribution >= 4 is 34.9 Å². The first-order valence-electron chi connectivity index (χ1n) is 7.79. The van der Waals surface area contributed by atoms with Gasteiger partial charge in [0, 0.05) is 34.5 Å². The van der Waals surface area contributed by atoms with Crippen molar-refractivity contribution < 1.29 is 4.79 Å². The van der Waals surface area contributed by atoms with E-state index in [-0.39, 0.29) is 5.91 Å². The SMILES string of the molecule is CCn1ccc(C(=O)Nc2cc(C)n(Cc3ccc(Cl)cc3Cl)n2)n1. The summed E-state index contributed by atoms with van der Waals surface area (Å²) in [6.45, 7) is 5.07. The van der Waals surface area contributed by atoms with Crippen LogP contribution in [0.5, 0.6) is 0 Å². The maximum atomic E-state index is 12.2. The van der Waals surface area contributed by atoms with E-state index in [1.54, 1.807) is 39.8 Å². The molecule has 25 heavy (non-hydrogen) atoms. The van der Waals surface area contributed by atoms with E-state index >= 15 is 0 Å². The molecule has 8 heteroatoms. The third-order valence-electron chi connectivity index (χ3n) is 3.76. The molecule has 2 heterocycles. The molecule has 0 fully saturated rings. The number of carbonyl (C=O) groups is 1. The summed E-state index contributed by atoms with van der Waals surface area (Å²) in [4.78, 5) is 12.2. The van der Waals surface area contributed by atoms with Crippen LogP contribution in [0.25, 0.3) is 0 Å². The van der Waals surface area contributed by atoms with Gasteiger partial charge in [-0.05, 0) is 37.6 Å². The van der Waals surface area contributed by atoms with E-state index in [2.05, 4.69) is 15.5 Å². The van der Waals surface area contributed by atoms with Crippen molar-refractivity contribution in [3.8, 4) is 0 Å². The molecule has 1 aromatic carbocycles. The molecular weight excluding hydrogens is 361 g/mol. The lowest BCUT2D eigenvalue weighted by molar-refractivity contribution is 0.102. The minimum absolute atomic E-state index is 0.290. The molecule has 3 rings (SSSR count). The highest BCUT2D eigenvalue weighted by molar-refractivity contribution is 6.35. The quantitative estimate of drug-likeness (QED) is 0.730. The smallest absolute Gasteiger partial charge is 0.277 e. The zero-order valence-electron chi connectivity index (χ0n) is 13.8. The summed E-state index contributed by atoms with van der Waals surface area (Å²) in [5.74, 6) is 0.181. The van der Waals surface area contributed by atoms with Gasteiger partial charge in [0.1, 0.15) is 0 Å². The molecule has 0 unspecified atom stereocenters. The number of aromatic nitrogens is 4. The summed E-state index contributed by atoms with van der Waals surface area (Å²) in [5.41, 5.74) is 2.16. The van der Waals surface area contributed by atoms with Gasteiger partial charge in [-0.3, -0.25) is 14.2 Å². The van der Waals surface area contributed by atoms with E-state index in [0.717, 1.165) is 11.3 Å². The van der Waals surface area contributed by atoms with E-state index < -0.39 is 0 Å². The van der Waals surface area contributed by atoms with E-state index in [1.165, 1.54) is 0 Å². The van der Waals surface area contributed by atoms with Crippen molar-refractivity contribution in [2.24, 2.45) is 0 Å². The van der Waals surface area contributed by atoms with Gasteiger partial charge in [0.05, 0.1) is 6.54 Å². The van der Waals surface area contributed by atoms with Crippen molar-refractivity contribution in [1.29, 1.82) is 0 Å². The fraction of sp³-hybridized carbons (Fsp3) is 0.235. The Morgan fingerprint density at radius 1 is 1.20 bits per heavy atom. The van der Waals surface area contributed by atoms with Gasteiger partial charge in [-0.25, -0.2) is 0 Å². The van der Waals surface area contributed by atoms with Gasteiger partial charge in [0.25, 0.3) is 5.91 Å². The number of hydrogen-bond donors (Lipinski definition) is 1. The second kappa shape index (κ2) is 7.29. The molecule has 0 radical (unpaired) electrons. The number of carbonyl (C=O) groups excluding carboxylic acids is 1. The fourth-order valence-corrected chi connectivity index (χ4v) is 2.85. The number of nitrogens with one attached hydrogen (secondary N) is 1. The van der Waals surface area contributed by atoms with Gasteiger partial charge < -0.3 is 5.32 Å². The largest absolute Gasteiger partial charge is 0.304 e. The highest BCUT2D eigenvalue weighted by atomic mass is 35.5. The summed E-state index contributed by atoms with van der Waals surface area (Å²) < 4.78 is 3.47. The second-order valence-corrected chi connectivity index (χ2v) is 6.42. The van der Waals surface area contributed by atoms with Crippen LogP contribution >= 0.6 is 23.2 Å². The molecule has 0 bridgehead atoms. The zero-order valence-corrected chi connectivity index (χ0v) is 15.3. The van der Waals surface area contributed by atoms with Gasteiger partial charge >= 0.3 is 0 Å². The zero-order chi connectivity index (χ0) is 18.0. The topological polar surface area (TPSA) is 64.7 Å². The summed E-state index contributed by atoms with van der Waals surface area (Å²) in [7, 11) is 0. The lowest BCUT2D eigenvalue weighted by Crippen LogP contribution is -2.14. The monoisotopic (exact) mass is 377 g/mol. The molecule has 0 atom stereocenters. The molecule has 1 amide bonds. The Labute approximate surface area is 155 Å². The number of halogens is 2. The molecule has 0 aliphatic rings. The summed E-state index contributed by atoms with van der Waals surface area (Å²) >= 11 is 12.1. The predicted octanol–water partition coefficient (Wildman–Crippen LogP) is 4.02. The Balaban J connectivity index is 1.74. The third kappa shape index (κ3) is 4.03. The Hall–Kier alpha value is -2.31. The van der Waals surface area contributed by atoms with Crippen molar-refractivity contribution in [2.75, 3.05) is 5.32 Å². The molecule has 1 N–H and O–H groups in total. The number of nitrogens with zero attached hydrogens (tertiary/aromatic N) is 4. The lowest BCUT2D eigenvalue weighted by Gasteiger charge is -2.07. The highest BCUT2D eigenvalue weighted by Gasteiger charge is 2.13. The highest BCUT2D eigenvalue weighted by Crippen LogP contribution is 2.22. The average Bonchev–Trinajstić information content (AvgIpc) is 3.17. The van der Waals surface area contributed by atoms with Gasteiger partial charge in [0.15, 0.2) is 11.5 Å². The van der Waals surface area contributed by atoms with Crippen LogP contribution in [0.1, 0.15) is 28.7 Å². The Morgan fingerprint density at radius 2 is 2.00 bits per heavy atom. The fourth-order valence-electron chi connectivity index (χ4n) is 2.38. The van der Waals surface area contributed by atoms with Crippen LogP contribution in [0.4, 0.5) is 5.82 Å². The molecule has 2 aromatic heterocycles. The van der Waals surface area contributed by atoms with E-state index in [9.17, 15) is 4.79 Å². The van der Waals surface area contributed by atoms with Crippen LogP contribution in [-0.2, 0) is 13.1 Å². The van der Waals surface area contributed by atoms with Crippen molar-refractivity contribution in [2.45, 2.75) is 26.9 Å². The second-order valence-electron chi connectivity index (χ2n) is 5.58. The van der Waals surface area contributed by atoms with Crippen molar-refractivity contribution in [3.05, 3.63) is 63.5 Å². The van der Waals surface area contributed by atoms with Crippen molar-refractivity contribution in [1.82, 2.24) is 19.6 Å². The van der Waals surface area contributed by atoms with Crippen molar-refractivity contribution in [3.63, 3.8) is 0 Å². The first-order chi connectivity index (χ1) is 12.0. The van der Waals surface area contributed by atoms with Gasteiger partial charge in [-0.1, -0.05) is 29.3 Å². The summed E-state index contributed by atoms with van der Waals surface area (Å²) in [6, 6.07) is 8.83. The molecule has 3 aromatic rings. The summed E-state index contributed by atoms with van der Waals surface area (Å²) in [5, 5.41) is 12.5. The van der Waals surface area contributed by atoms with Crippen LogP contribution in [0.2, 0.25) is 10.0 Å². The van der Waals surface area contributed by atoms with Crippen LogP contribution in [0, 0.1) is 6.92 Å². The lowest BCUT2D eigenvalue weighted by atomic mass is 10.2. The number of aryl methyl sites for hydroxylation is 2. The Morgan fingerprint density at radius 3 is 2.68 bits per heavy atom. The normalized spacial score (nSPS) is 10.9. The predicted molar refractivity (Wildman–Crippen MR) is 98.4 cm³/mol. The molecule has 0 saturated carbocycles. The Bertz CT molecular complexity index is 916. The molecule has 0 aliphatic heterocycles. The minimum Gasteiger partial charge on any atom is -0.304 e. The maximum Gasteiger partial charge on any atom is 0.277 e. The average molecular weight is 378 g/mol. The molecule has 0 saturated heterocycles. The molecule has 6 nitrogen and oxygen atoms in total. The Kier molecular flexibility index (Phi) is 5.11. The van der Waals surface area contributed by atoms with Gasteiger partial charge in [0.2, 0.25) is 0 Å². The minimum atomic E-state index is -0.290. The molecular formula is C17H17Cl2N5O. The van der Waals surface area contributed by atoms with Crippen LogP contribution in [0.3, 0.4) is 0 Å². The van der Waals surface area contributed by atoms with E-state index in [0.29, 0.717) is 34.6 Å². The van der Waals surface area contributed by atoms with Crippen LogP contribution in [0.15, 0.2) is 36.5 Å². The number of benzene rings is 1. The standard InChI is InChI=1S/C17H17Cl2N5O/c1-3-23-7-6-15(21-23)17(25)20-16-8-11(2)24(22-16)10-12-4-5-13(18)9-14(12)19/h4-9H,3,10H2,1-2H3,(H,20,22,25).